The van der Waals surface area contributed by atoms with E-state index in [1.165, 1.54) is 4.90 Å². The highest BCUT2D eigenvalue weighted by molar-refractivity contribution is 6.35. The summed E-state index contributed by atoms with van der Waals surface area (Å²) in [5, 5.41) is 5.05. The molecule has 2 N–H and O–H groups in total. The van der Waals surface area contributed by atoms with E-state index in [0.29, 0.717) is 43.3 Å². The number of hydrogen-bond acceptors (Lipinski definition) is 7. The summed E-state index contributed by atoms with van der Waals surface area (Å²) in [6, 6.07) is 4.96. The normalized spacial score (nSPS) is 17.7. The fraction of sp³-hybridized carbons (Fsp3) is 0.500. The fourth-order valence-electron chi connectivity index (χ4n) is 2.85. The molecule has 0 spiro atoms. The summed E-state index contributed by atoms with van der Waals surface area (Å²) < 4.78 is 16.1. The highest BCUT2D eigenvalue weighted by atomic mass is 16.7. The zero-order chi connectivity index (χ0) is 20.1. The molecule has 28 heavy (non-hydrogen) atoms. The Hall–Kier alpha value is -2.85. The van der Waals surface area contributed by atoms with Crippen LogP contribution in [0, 0.1) is 0 Å². The van der Waals surface area contributed by atoms with Crippen molar-refractivity contribution in [2.24, 2.45) is 0 Å². The first-order valence-electron chi connectivity index (χ1n) is 8.98. The van der Waals surface area contributed by atoms with Gasteiger partial charge in [0.25, 0.3) is 5.91 Å². The quantitative estimate of drug-likeness (QED) is 0.598. The van der Waals surface area contributed by atoms with Crippen LogP contribution in [0.25, 0.3) is 0 Å². The van der Waals surface area contributed by atoms with Gasteiger partial charge in [0.15, 0.2) is 11.5 Å². The molecule has 10 nitrogen and oxygen atoms in total. The summed E-state index contributed by atoms with van der Waals surface area (Å²) in [4.78, 5) is 39.9. The van der Waals surface area contributed by atoms with E-state index >= 15 is 0 Å². The Bertz CT molecular complexity index is 754. The van der Waals surface area contributed by atoms with E-state index in [0.717, 1.165) is 0 Å². The largest absolute Gasteiger partial charge is 0.454 e. The van der Waals surface area contributed by atoms with Crippen molar-refractivity contribution in [1.29, 1.82) is 0 Å². The number of nitrogens with one attached hydrogen (secondary N) is 2. The Morgan fingerprint density at radius 2 is 1.89 bits per heavy atom. The van der Waals surface area contributed by atoms with Gasteiger partial charge in [0.1, 0.15) is 6.23 Å². The van der Waals surface area contributed by atoms with Crippen molar-refractivity contribution in [3.05, 3.63) is 23.8 Å². The van der Waals surface area contributed by atoms with Crippen LogP contribution in [0.4, 0.5) is 0 Å². The van der Waals surface area contributed by atoms with Crippen molar-refractivity contribution in [3.8, 4) is 11.5 Å². The van der Waals surface area contributed by atoms with E-state index < -0.39 is 18.0 Å². The first kappa shape index (κ1) is 19.9. The lowest BCUT2D eigenvalue weighted by atomic mass is 10.1. The lowest BCUT2D eigenvalue weighted by Crippen LogP contribution is -2.48. The number of nitrogens with zero attached hydrogens (tertiary/aromatic N) is 2. The highest BCUT2D eigenvalue weighted by Gasteiger charge is 2.32. The van der Waals surface area contributed by atoms with Gasteiger partial charge in [0.05, 0.1) is 13.2 Å². The van der Waals surface area contributed by atoms with Gasteiger partial charge in [0, 0.05) is 25.2 Å². The highest BCUT2D eigenvalue weighted by Crippen LogP contribution is 2.33. The topological polar surface area (TPSA) is 109 Å². The molecule has 2 heterocycles. The van der Waals surface area contributed by atoms with Crippen LogP contribution < -0.4 is 20.1 Å². The van der Waals surface area contributed by atoms with Crippen LogP contribution in [0.2, 0.25) is 0 Å². The fourth-order valence-corrected chi connectivity index (χ4v) is 2.85. The minimum atomic E-state index is -0.760. The van der Waals surface area contributed by atoms with Gasteiger partial charge in [-0.05, 0) is 32.3 Å². The van der Waals surface area contributed by atoms with Gasteiger partial charge < -0.3 is 34.6 Å². The molecule has 1 aromatic rings. The van der Waals surface area contributed by atoms with Gasteiger partial charge >= 0.3 is 11.8 Å². The molecule has 10 heteroatoms. The lowest BCUT2D eigenvalue weighted by molar-refractivity contribution is -0.139. The average molecular weight is 392 g/mol. The van der Waals surface area contributed by atoms with Crippen molar-refractivity contribution >= 4 is 17.7 Å². The number of likely N-dealkylation sites (N-methyl/N-ethyl adjacent to an activating group) is 1. The average Bonchev–Trinajstić information content (AvgIpc) is 3.33. The molecule has 2 aliphatic rings. The van der Waals surface area contributed by atoms with Gasteiger partial charge in [-0.25, -0.2) is 0 Å². The third-order valence-corrected chi connectivity index (χ3v) is 4.36. The van der Waals surface area contributed by atoms with Crippen LogP contribution in [-0.2, 0) is 14.3 Å². The second kappa shape index (κ2) is 8.89. The predicted molar refractivity (Wildman–Crippen MR) is 97.9 cm³/mol. The Labute approximate surface area is 162 Å². The molecule has 0 unspecified atom stereocenters. The molecule has 3 rings (SSSR count). The Balaban J connectivity index is 1.52. The predicted octanol–water partition coefficient (Wildman–Crippen LogP) is -0.992. The van der Waals surface area contributed by atoms with E-state index in [1.54, 1.807) is 18.2 Å². The molecular formula is C18H24N4O6. The molecule has 0 saturated carbocycles. The summed E-state index contributed by atoms with van der Waals surface area (Å²) in [7, 11) is 3.74. The number of amides is 3. The number of rotatable bonds is 6. The molecule has 152 valence electrons. The van der Waals surface area contributed by atoms with E-state index in [9.17, 15) is 14.4 Å². The molecule has 0 bridgehead atoms. The first-order valence-corrected chi connectivity index (χ1v) is 8.98. The maximum atomic E-state index is 12.8. The second-order valence-corrected chi connectivity index (χ2v) is 6.66. The van der Waals surface area contributed by atoms with Crippen LogP contribution in [0.15, 0.2) is 18.2 Å². The SMILES string of the molecule is CN(C)CCNC(=O)C(=O)NC[C@H]1OCCN1C(=O)c1ccc2c(c1)OCO2. The summed E-state index contributed by atoms with van der Waals surface area (Å²) >= 11 is 0. The van der Waals surface area contributed by atoms with Gasteiger partial charge in [-0.2, -0.15) is 0 Å². The molecule has 0 aromatic heterocycles. The Morgan fingerprint density at radius 3 is 2.68 bits per heavy atom. The van der Waals surface area contributed by atoms with Crippen LogP contribution >= 0.6 is 0 Å². The number of fused-ring (bicyclic) bond motifs is 1. The van der Waals surface area contributed by atoms with Gasteiger partial charge in [0.2, 0.25) is 6.79 Å². The Morgan fingerprint density at radius 1 is 1.14 bits per heavy atom. The minimum absolute atomic E-state index is 0.0240. The standard InChI is InChI=1S/C18H24N4O6/c1-21(2)6-5-19-16(23)17(24)20-10-15-22(7-8-26-15)18(25)12-3-4-13-14(9-12)28-11-27-13/h3-4,9,15H,5-8,10-11H2,1-2H3,(H,19,23)(H,20,24)/t15-/m1/s1. The molecule has 1 saturated heterocycles. The van der Waals surface area contributed by atoms with Gasteiger partial charge in [-0.15, -0.1) is 0 Å². The number of carbonyl (C=O) groups excluding carboxylic acids is 3. The molecule has 1 atom stereocenters. The van der Waals surface area contributed by atoms with E-state index in [2.05, 4.69) is 10.6 Å². The monoisotopic (exact) mass is 392 g/mol. The molecule has 0 radical (unpaired) electrons. The van der Waals surface area contributed by atoms with Crippen molar-refractivity contribution in [2.75, 3.05) is 53.7 Å². The maximum absolute atomic E-state index is 12.8. The number of ether oxygens (including phenoxy) is 3. The van der Waals surface area contributed by atoms with Gasteiger partial charge in [-0.1, -0.05) is 0 Å². The summed E-state index contributed by atoms with van der Waals surface area (Å²) in [6.45, 7) is 1.90. The molecule has 3 amide bonds. The van der Waals surface area contributed by atoms with E-state index in [-0.39, 0.29) is 19.2 Å². The smallest absolute Gasteiger partial charge is 0.309 e. The number of benzene rings is 1. The van der Waals surface area contributed by atoms with Crippen molar-refractivity contribution < 1.29 is 28.6 Å². The van der Waals surface area contributed by atoms with Crippen LogP contribution in [0.1, 0.15) is 10.4 Å². The Kier molecular flexibility index (Phi) is 6.32. The van der Waals surface area contributed by atoms with Crippen molar-refractivity contribution in [1.82, 2.24) is 20.4 Å². The lowest BCUT2D eigenvalue weighted by Gasteiger charge is -2.23. The molecular weight excluding hydrogens is 368 g/mol. The zero-order valence-corrected chi connectivity index (χ0v) is 15.9. The first-order chi connectivity index (χ1) is 13.5. The van der Waals surface area contributed by atoms with Crippen LogP contribution in [-0.4, -0.2) is 87.4 Å². The summed E-state index contributed by atoms with van der Waals surface area (Å²) in [6.07, 6.45) is -0.642. The molecule has 0 aliphatic carbocycles. The molecule has 1 fully saturated rings. The second-order valence-electron chi connectivity index (χ2n) is 6.66. The third-order valence-electron chi connectivity index (χ3n) is 4.36. The van der Waals surface area contributed by atoms with Gasteiger partial charge in [-0.3, -0.25) is 14.4 Å². The van der Waals surface area contributed by atoms with Crippen molar-refractivity contribution in [3.63, 3.8) is 0 Å². The van der Waals surface area contributed by atoms with Crippen LogP contribution in [0.5, 0.6) is 11.5 Å². The van der Waals surface area contributed by atoms with E-state index in [1.807, 2.05) is 19.0 Å². The minimum Gasteiger partial charge on any atom is -0.454 e. The van der Waals surface area contributed by atoms with E-state index in [4.69, 9.17) is 14.2 Å². The van der Waals surface area contributed by atoms with Crippen LogP contribution in [0.3, 0.4) is 0 Å². The number of carbonyl (C=O) groups is 3. The summed E-state index contributed by atoms with van der Waals surface area (Å²) in [5.74, 6) is -0.604. The maximum Gasteiger partial charge on any atom is 0.309 e. The van der Waals surface area contributed by atoms with Crippen molar-refractivity contribution in [2.45, 2.75) is 6.23 Å². The zero-order valence-electron chi connectivity index (χ0n) is 15.9. The summed E-state index contributed by atoms with van der Waals surface area (Å²) in [5.41, 5.74) is 0.438. The number of hydrogen-bond donors (Lipinski definition) is 2. The molecule has 2 aliphatic heterocycles. The molecule has 1 aromatic carbocycles. The third kappa shape index (κ3) is 4.70.